The zero-order chi connectivity index (χ0) is 71.0. The molecular weight excluding hydrogens is 1260 g/mol. The van der Waals surface area contributed by atoms with Crippen molar-refractivity contribution in [1.82, 2.24) is 0 Å². The lowest BCUT2D eigenvalue weighted by atomic mass is 9.99. The first kappa shape index (κ1) is 94.1. The van der Waals surface area contributed by atoms with Gasteiger partial charge in [0.15, 0.2) is 12.2 Å². The van der Waals surface area contributed by atoms with Crippen LogP contribution in [0.2, 0.25) is 0 Å². The van der Waals surface area contributed by atoms with Crippen LogP contribution in [0.25, 0.3) is 0 Å². The second-order valence-electron chi connectivity index (χ2n) is 29.4. The number of hydrogen-bond donors (Lipinski definition) is 3. The molecule has 0 aromatic rings. The number of ether oxygens (including phenoxy) is 4. The Balaban J connectivity index is 5.25. The summed E-state index contributed by atoms with van der Waals surface area (Å²) in [5.74, 6) is 0.968. The van der Waals surface area contributed by atoms with E-state index in [1.54, 1.807) is 0 Å². The highest BCUT2D eigenvalue weighted by atomic mass is 31.2. The first-order chi connectivity index (χ1) is 46.1. The Bertz CT molecular complexity index is 1890. The van der Waals surface area contributed by atoms with Crippen LogP contribution in [-0.4, -0.2) is 96.7 Å². The van der Waals surface area contributed by atoms with Crippen LogP contribution in [0.15, 0.2) is 0 Å². The Kier molecular flexibility index (Phi) is 65.0. The van der Waals surface area contributed by atoms with Gasteiger partial charge in [0.05, 0.1) is 26.4 Å². The molecule has 0 aliphatic carbocycles. The monoisotopic (exact) mass is 1410 g/mol. The lowest BCUT2D eigenvalue weighted by Crippen LogP contribution is -2.30. The van der Waals surface area contributed by atoms with Crippen molar-refractivity contribution in [3.05, 3.63) is 0 Å². The fraction of sp³-hybridized carbons (Fsp3) is 0.948. The summed E-state index contributed by atoms with van der Waals surface area (Å²) in [5, 5.41) is 10.6. The summed E-state index contributed by atoms with van der Waals surface area (Å²) in [7, 11) is -9.92. The fourth-order valence-electron chi connectivity index (χ4n) is 11.7. The van der Waals surface area contributed by atoms with Crippen molar-refractivity contribution in [2.45, 2.75) is 408 Å². The third-order valence-electron chi connectivity index (χ3n) is 18.2. The molecule has 0 heterocycles. The van der Waals surface area contributed by atoms with Gasteiger partial charge < -0.3 is 33.8 Å². The molecule has 3 N–H and O–H groups in total. The van der Waals surface area contributed by atoms with Gasteiger partial charge in [-0.1, -0.05) is 338 Å². The predicted octanol–water partition coefficient (Wildman–Crippen LogP) is 22.4. The average Bonchev–Trinajstić information content (AvgIpc) is 1.19. The summed E-state index contributed by atoms with van der Waals surface area (Å²) in [5.41, 5.74) is 0. The van der Waals surface area contributed by atoms with Crippen molar-refractivity contribution < 1.29 is 80.2 Å². The van der Waals surface area contributed by atoms with Crippen molar-refractivity contribution in [3.8, 4) is 0 Å². The molecule has 0 aromatic carbocycles. The number of phosphoric acid groups is 2. The number of carbonyl (C=O) groups is 4. The highest BCUT2D eigenvalue weighted by molar-refractivity contribution is 7.47. The smallest absolute Gasteiger partial charge is 0.462 e. The minimum Gasteiger partial charge on any atom is -0.462 e. The molecule has 0 aliphatic heterocycles. The number of aliphatic hydroxyl groups is 1. The van der Waals surface area contributed by atoms with E-state index >= 15 is 0 Å². The normalized spacial score (nSPS) is 14.4. The van der Waals surface area contributed by atoms with Crippen LogP contribution in [-0.2, 0) is 65.4 Å². The zero-order valence-corrected chi connectivity index (χ0v) is 64.8. The molecule has 0 saturated carbocycles. The Morgan fingerprint density at radius 3 is 0.740 bits per heavy atom. The topological polar surface area (TPSA) is 237 Å². The maximum absolute atomic E-state index is 13.1. The summed E-state index contributed by atoms with van der Waals surface area (Å²) in [6.07, 6.45) is 51.3. The summed E-state index contributed by atoms with van der Waals surface area (Å²) in [6, 6.07) is 0. The summed E-state index contributed by atoms with van der Waals surface area (Å²) in [4.78, 5) is 72.9. The first-order valence-corrected chi connectivity index (χ1v) is 42.7. The van der Waals surface area contributed by atoms with Gasteiger partial charge in [0, 0.05) is 25.7 Å². The van der Waals surface area contributed by atoms with E-state index in [4.69, 9.17) is 37.0 Å². The van der Waals surface area contributed by atoms with Gasteiger partial charge in [-0.15, -0.1) is 0 Å². The van der Waals surface area contributed by atoms with Gasteiger partial charge in [-0.05, 0) is 49.4 Å². The van der Waals surface area contributed by atoms with Crippen LogP contribution in [0, 0.1) is 23.7 Å². The fourth-order valence-corrected chi connectivity index (χ4v) is 13.3. The van der Waals surface area contributed by atoms with Crippen LogP contribution in [0.3, 0.4) is 0 Å². The van der Waals surface area contributed by atoms with Crippen LogP contribution in [0.4, 0.5) is 0 Å². The van der Waals surface area contributed by atoms with Crippen LogP contribution < -0.4 is 0 Å². The lowest BCUT2D eigenvalue weighted by molar-refractivity contribution is -0.161. The van der Waals surface area contributed by atoms with E-state index in [9.17, 15) is 43.2 Å². The molecule has 0 saturated heterocycles. The van der Waals surface area contributed by atoms with Crippen molar-refractivity contribution >= 4 is 39.5 Å². The van der Waals surface area contributed by atoms with Gasteiger partial charge in [-0.3, -0.25) is 37.3 Å². The molecule has 0 aliphatic rings. The molecule has 0 bridgehead atoms. The van der Waals surface area contributed by atoms with Gasteiger partial charge in [-0.2, -0.15) is 0 Å². The molecule has 0 spiro atoms. The van der Waals surface area contributed by atoms with Crippen molar-refractivity contribution in [1.29, 1.82) is 0 Å². The van der Waals surface area contributed by atoms with Crippen LogP contribution in [0.5, 0.6) is 0 Å². The highest BCUT2D eigenvalue weighted by Crippen LogP contribution is 2.45. The van der Waals surface area contributed by atoms with E-state index in [2.05, 4.69) is 55.4 Å². The summed E-state index contributed by atoms with van der Waals surface area (Å²) >= 11 is 0. The predicted molar refractivity (Wildman–Crippen MR) is 391 cm³/mol. The van der Waals surface area contributed by atoms with Gasteiger partial charge in [0.25, 0.3) is 0 Å². The summed E-state index contributed by atoms with van der Waals surface area (Å²) in [6.45, 7) is 14.2. The maximum atomic E-state index is 13.1. The molecule has 0 aromatic heterocycles. The quantitative estimate of drug-likeness (QED) is 0.0222. The van der Waals surface area contributed by atoms with E-state index < -0.39 is 97.5 Å². The lowest BCUT2D eigenvalue weighted by Gasteiger charge is -2.21. The molecule has 19 heteroatoms. The SMILES string of the molecule is CCC(C)CCCCCCCCCCCCC(=O)O[C@H](COC(=O)CCCCCCCCCCCCCCCCCC(C)C)COP(=O)(O)OCC(O)COP(=O)(O)OC[C@@H](COC(=O)CCCCCCCCCCC(C)C)OC(=O)CCCCCCCCCCCCC(C)C. The molecule has 96 heavy (non-hydrogen) atoms. The molecule has 570 valence electrons. The van der Waals surface area contributed by atoms with Gasteiger partial charge in [-0.25, -0.2) is 9.13 Å². The second-order valence-corrected chi connectivity index (χ2v) is 32.3. The van der Waals surface area contributed by atoms with E-state index in [-0.39, 0.29) is 25.7 Å². The number of aliphatic hydroxyl groups excluding tert-OH is 1. The molecule has 6 atom stereocenters. The van der Waals surface area contributed by atoms with Gasteiger partial charge in [0.2, 0.25) is 0 Å². The van der Waals surface area contributed by atoms with Crippen molar-refractivity contribution in [2.75, 3.05) is 39.6 Å². The maximum Gasteiger partial charge on any atom is 0.472 e. The van der Waals surface area contributed by atoms with E-state index in [0.717, 1.165) is 114 Å². The Morgan fingerprint density at radius 1 is 0.292 bits per heavy atom. The minimum absolute atomic E-state index is 0.105. The van der Waals surface area contributed by atoms with E-state index in [0.29, 0.717) is 25.7 Å². The van der Waals surface area contributed by atoms with Gasteiger partial charge >= 0.3 is 39.5 Å². The molecule has 0 radical (unpaired) electrons. The number of esters is 4. The number of unbranched alkanes of at least 4 members (excludes halogenated alkanes) is 39. The van der Waals surface area contributed by atoms with E-state index in [1.165, 1.54) is 193 Å². The molecule has 0 amide bonds. The molecule has 4 unspecified atom stereocenters. The number of phosphoric ester groups is 2. The summed E-state index contributed by atoms with van der Waals surface area (Å²) < 4.78 is 68.6. The zero-order valence-electron chi connectivity index (χ0n) is 63.0. The highest BCUT2D eigenvalue weighted by Gasteiger charge is 2.30. The van der Waals surface area contributed by atoms with Crippen molar-refractivity contribution in [2.24, 2.45) is 23.7 Å². The second kappa shape index (κ2) is 66.3. The number of rotatable bonds is 74. The molecular formula is C77H150O17P2. The molecule has 0 fully saturated rings. The minimum atomic E-state index is -4.96. The molecule has 0 rings (SSSR count). The van der Waals surface area contributed by atoms with Gasteiger partial charge in [0.1, 0.15) is 19.3 Å². The van der Waals surface area contributed by atoms with Crippen LogP contribution >= 0.6 is 15.6 Å². The third-order valence-corrected chi connectivity index (χ3v) is 20.1. The first-order valence-electron chi connectivity index (χ1n) is 39.7. The largest absolute Gasteiger partial charge is 0.472 e. The average molecular weight is 1410 g/mol. The third kappa shape index (κ3) is 69.2. The number of hydrogen-bond acceptors (Lipinski definition) is 15. The standard InChI is InChI=1S/C77H150O17P2/c1-9-70(8)56-48-40-32-23-18-20-26-36-44-52-60-77(82)93-72(63-87-74(79)57-49-41-33-24-16-14-12-10-11-13-15-21-29-37-45-53-67(2)3)65-91-95(83,84)89-61-71(78)62-90-96(85,86)92-66-73(64-88-75(80)58-50-42-34-28-27-31-39-47-55-69(6)7)94-76(81)59-51-43-35-25-19-17-22-30-38-46-54-68(4)5/h67-73,78H,9-66H2,1-8H3,(H,83,84)(H,85,86)/t70?,71?,72-,73-/m1/s1. The Morgan fingerprint density at radius 2 is 0.500 bits per heavy atom. The van der Waals surface area contributed by atoms with Crippen LogP contribution in [0.1, 0.15) is 389 Å². The Labute approximate surface area is 588 Å². The molecule has 17 nitrogen and oxygen atoms in total. The number of carbonyl (C=O) groups excluding carboxylic acids is 4. The Hall–Kier alpha value is -1.94. The van der Waals surface area contributed by atoms with E-state index in [1.807, 2.05) is 0 Å². The van der Waals surface area contributed by atoms with Crippen molar-refractivity contribution in [3.63, 3.8) is 0 Å².